The van der Waals surface area contributed by atoms with Crippen LogP contribution in [0.2, 0.25) is 0 Å². The topological polar surface area (TPSA) is 67.2 Å². The Bertz CT molecular complexity index is 691. The normalized spacial score (nSPS) is 10.0. The fraction of sp³-hybridized carbons (Fsp3) is 0.333. The molecule has 0 radical (unpaired) electrons. The highest BCUT2D eigenvalue weighted by Crippen LogP contribution is 2.15. The Kier molecular flexibility index (Phi) is 5.14. The molecule has 0 saturated heterocycles. The van der Waals surface area contributed by atoms with E-state index < -0.39 is 0 Å². The van der Waals surface area contributed by atoms with Gasteiger partial charge in [0, 0.05) is 16.1 Å². The Balaban J connectivity index is 1.92. The second kappa shape index (κ2) is 7.07. The molecule has 2 N–H and O–H groups in total. The molecule has 0 aliphatic heterocycles. The van der Waals surface area contributed by atoms with E-state index >= 15 is 0 Å². The predicted octanol–water partition coefficient (Wildman–Crippen LogP) is 1.22. The van der Waals surface area contributed by atoms with Crippen LogP contribution in [-0.4, -0.2) is 27.4 Å². The number of hydrogen-bond acceptors (Lipinski definition) is 4. The molecule has 2 heterocycles. The number of aliphatic hydroxyl groups is 1. The van der Waals surface area contributed by atoms with E-state index in [-0.39, 0.29) is 19.1 Å². The summed E-state index contributed by atoms with van der Waals surface area (Å²) in [6.07, 6.45) is 0. The van der Waals surface area contributed by atoms with Gasteiger partial charge in [-0.2, -0.15) is 5.10 Å². The molecule has 0 aromatic carbocycles. The van der Waals surface area contributed by atoms with Crippen LogP contribution in [0.5, 0.6) is 0 Å². The van der Waals surface area contributed by atoms with E-state index in [1.807, 2.05) is 31.4 Å². The highest BCUT2D eigenvalue weighted by molar-refractivity contribution is 7.10. The van der Waals surface area contributed by atoms with Crippen LogP contribution >= 0.6 is 11.3 Å². The summed E-state index contributed by atoms with van der Waals surface area (Å²) < 4.78 is 1.69. The van der Waals surface area contributed by atoms with E-state index in [0.717, 1.165) is 21.8 Å². The van der Waals surface area contributed by atoms with Gasteiger partial charge in [0.2, 0.25) is 5.91 Å². The van der Waals surface area contributed by atoms with Crippen molar-refractivity contribution in [2.24, 2.45) is 0 Å². The van der Waals surface area contributed by atoms with Gasteiger partial charge in [-0.15, -0.1) is 11.3 Å². The Morgan fingerprint density at radius 3 is 3.00 bits per heavy atom. The first-order valence-electron chi connectivity index (χ1n) is 6.54. The lowest BCUT2D eigenvalue weighted by Gasteiger charge is -2.06. The second-order valence-corrected chi connectivity index (χ2v) is 5.58. The van der Waals surface area contributed by atoms with Gasteiger partial charge in [0.1, 0.15) is 13.2 Å². The fourth-order valence-corrected chi connectivity index (χ4v) is 2.70. The van der Waals surface area contributed by atoms with E-state index in [2.05, 4.69) is 22.3 Å². The first kappa shape index (κ1) is 15.3. The van der Waals surface area contributed by atoms with Crippen molar-refractivity contribution in [1.82, 2.24) is 15.1 Å². The quantitative estimate of drug-likeness (QED) is 0.835. The predicted molar refractivity (Wildman–Crippen MR) is 81.8 cm³/mol. The third kappa shape index (κ3) is 4.18. The molecule has 2 rings (SSSR count). The summed E-state index contributed by atoms with van der Waals surface area (Å²) >= 11 is 1.53. The molecular weight excluding hydrogens is 286 g/mol. The van der Waals surface area contributed by atoms with Crippen LogP contribution in [0.3, 0.4) is 0 Å². The Morgan fingerprint density at radius 1 is 1.52 bits per heavy atom. The highest BCUT2D eigenvalue weighted by atomic mass is 32.1. The molecule has 0 aliphatic rings. The van der Waals surface area contributed by atoms with Crippen LogP contribution in [-0.2, 0) is 17.9 Å². The Morgan fingerprint density at radius 2 is 2.33 bits per heavy atom. The summed E-state index contributed by atoms with van der Waals surface area (Å²) in [5, 5.41) is 17.8. The third-order valence-electron chi connectivity index (χ3n) is 2.89. The lowest BCUT2D eigenvalue weighted by molar-refractivity contribution is -0.122. The number of aromatic nitrogens is 2. The molecule has 5 nitrogen and oxygen atoms in total. The van der Waals surface area contributed by atoms with Gasteiger partial charge in [0.25, 0.3) is 0 Å². The minimum absolute atomic E-state index is 0.0873. The van der Waals surface area contributed by atoms with Crippen LogP contribution in [0.4, 0.5) is 0 Å². The van der Waals surface area contributed by atoms with Crippen molar-refractivity contribution in [3.63, 3.8) is 0 Å². The Hall–Kier alpha value is -2.10. The Labute approximate surface area is 127 Å². The van der Waals surface area contributed by atoms with Gasteiger partial charge in [-0.05, 0) is 31.4 Å². The maximum atomic E-state index is 12.0. The second-order valence-electron chi connectivity index (χ2n) is 4.58. The number of amides is 1. The first-order chi connectivity index (χ1) is 10.1. The zero-order valence-electron chi connectivity index (χ0n) is 12.0. The van der Waals surface area contributed by atoms with Crippen molar-refractivity contribution in [2.45, 2.75) is 26.9 Å². The summed E-state index contributed by atoms with van der Waals surface area (Å²) in [7, 11) is 0. The van der Waals surface area contributed by atoms with E-state index in [1.165, 1.54) is 11.3 Å². The maximum absolute atomic E-state index is 12.0. The van der Waals surface area contributed by atoms with Crippen LogP contribution in [0.15, 0.2) is 17.5 Å². The van der Waals surface area contributed by atoms with Gasteiger partial charge >= 0.3 is 0 Å². The molecule has 21 heavy (non-hydrogen) atoms. The van der Waals surface area contributed by atoms with Crippen molar-refractivity contribution in [2.75, 3.05) is 6.61 Å². The van der Waals surface area contributed by atoms with Crippen LogP contribution in [0.1, 0.15) is 21.8 Å². The number of nitrogens with zero attached hydrogens (tertiary/aromatic N) is 2. The van der Waals surface area contributed by atoms with Gasteiger partial charge < -0.3 is 10.4 Å². The van der Waals surface area contributed by atoms with Crippen LogP contribution < -0.4 is 5.32 Å². The zero-order valence-corrected chi connectivity index (χ0v) is 12.8. The van der Waals surface area contributed by atoms with Gasteiger partial charge in [0.05, 0.1) is 12.2 Å². The van der Waals surface area contributed by atoms with E-state index in [0.29, 0.717) is 6.54 Å². The third-order valence-corrected chi connectivity index (χ3v) is 3.81. The molecule has 2 aromatic heterocycles. The molecule has 110 valence electrons. The smallest absolute Gasteiger partial charge is 0.242 e. The lowest BCUT2D eigenvalue weighted by atomic mass is 10.2. The molecule has 2 aromatic rings. The molecule has 6 heteroatoms. The number of nitrogens with one attached hydrogen (secondary N) is 1. The number of hydrogen-bond donors (Lipinski definition) is 2. The standard InChI is InChI=1S/C15H17N3O2S/c1-11-8-12(2)18(17-11)10-15(20)16-9-14-13(4-3-6-19)5-7-21-14/h5,7-8,19H,6,9-10H2,1-2H3,(H,16,20). The molecule has 0 unspecified atom stereocenters. The van der Waals surface area contributed by atoms with Crippen molar-refractivity contribution in [3.05, 3.63) is 39.3 Å². The zero-order chi connectivity index (χ0) is 15.2. The van der Waals surface area contributed by atoms with E-state index in [4.69, 9.17) is 5.11 Å². The largest absolute Gasteiger partial charge is 0.384 e. The molecule has 0 bridgehead atoms. The monoisotopic (exact) mass is 303 g/mol. The molecule has 0 atom stereocenters. The van der Waals surface area contributed by atoms with Gasteiger partial charge in [-0.25, -0.2) is 0 Å². The van der Waals surface area contributed by atoms with E-state index in [9.17, 15) is 4.79 Å². The molecule has 0 saturated carbocycles. The number of carbonyl (C=O) groups is 1. The summed E-state index contributed by atoms with van der Waals surface area (Å²) in [6, 6.07) is 3.82. The first-order valence-corrected chi connectivity index (χ1v) is 7.42. The fourth-order valence-electron chi connectivity index (χ4n) is 1.93. The molecule has 1 amide bonds. The van der Waals surface area contributed by atoms with Crippen LogP contribution in [0.25, 0.3) is 0 Å². The number of carbonyl (C=O) groups excluding carboxylic acids is 1. The van der Waals surface area contributed by atoms with Crippen molar-refractivity contribution in [1.29, 1.82) is 0 Å². The number of aryl methyl sites for hydroxylation is 2. The number of rotatable bonds is 4. The van der Waals surface area contributed by atoms with Crippen LogP contribution in [0, 0.1) is 25.7 Å². The van der Waals surface area contributed by atoms with E-state index in [1.54, 1.807) is 4.68 Å². The summed E-state index contributed by atoms with van der Waals surface area (Å²) in [5.41, 5.74) is 2.72. The molecule has 0 spiro atoms. The van der Waals surface area contributed by atoms with Gasteiger partial charge in [0.15, 0.2) is 0 Å². The van der Waals surface area contributed by atoms with Crippen molar-refractivity contribution in [3.8, 4) is 11.8 Å². The molecular formula is C15H17N3O2S. The number of thiophene rings is 1. The van der Waals surface area contributed by atoms with Crippen molar-refractivity contribution < 1.29 is 9.90 Å². The molecule has 0 aliphatic carbocycles. The minimum Gasteiger partial charge on any atom is -0.384 e. The maximum Gasteiger partial charge on any atom is 0.242 e. The summed E-state index contributed by atoms with van der Waals surface area (Å²) in [6.45, 7) is 4.31. The SMILES string of the molecule is Cc1cc(C)n(CC(=O)NCc2sccc2C#CCO)n1. The summed E-state index contributed by atoms with van der Waals surface area (Å²) in [5.74, 6) is 5.40. The van der Waals surface area contributed by atoms with Gasteiger partial charge in [-0.1, -0.05) is 11.8 Å². The summed E-state index contributed by atoms with van der Waals surface area (Å²) in [4.78, 5) is 12.9. The minimum atomic E-state index is -0.167. The lowest BCUT2D eigenvalue weighted by Crippen LogP contribution is -2.27. The average molecular weight is 303 g/mol. The highest BCUT2D eigenvalue weighted by Gasteiger charge is 2.08. The van der Waals surface area contributed by atoms with Crippen molar-refractivity contribution >= 4 is 17.2 Å². The van der Waals surface area contributed by atoms with Gasteiger partial charge in [-0.3, -0.25) is 9.48 Å². The number of aliphatic hydroxyl groups excluding tert-OH is 1. The average Bonchev–Trinajstić information content (AvgIpc) is 3.01. The molecule has 0 fully saturated rings.